The molecule has 2 rings (SSSR count). The maximum absolute atomic E-state index is 12.6. The van der Waals surface area contributed by atoms with Gasteiger partial charge >= 0.3 is 5.97 Å². The second-order valence-electron chi connectivity index (χ2n) is 6.16. The number of ether oxygens (including phenoxy) is 1. The van der Waals surface area contributed by atoms with Crippen LogP contribution in [0.1, 0.15) is 19.8 Å². The van der Waals surface area contributed by atoms with Crippen molar-refractivity contribution in [2.24, 2.45) is 5.92 Å². The molecule has 1 fully saturated rings. The fourth-order valence-electron chi connectivity index (χ4n) is 2.88. The first-order valence-corrected chi connectivity index (χ1v) is 10.6. The zero-order chi connectivity index (χ0) is 19.3. The second-order valence-corrected chi connectivity index (χ2v) is 8.50. The number of esters is 1. The van der Waals surface area contributed by atoms with E-state index in [4.69, 9.17) is 16.3 Å². The number of amides is 1. The third kappa shape index (κ3) is 5.35. The number of nitrogens with zero attached hydrogens (tertiary/aromatic N) is 2. The molecule has 1 aliphatic rings. The van der Waals surface area contributed by atoms with Crippen molar-refractivity contribution >= 4 is 39.2 Å². The van der Waals surface area contributed by atoms with Crippen LogP contribution >= 0.6 is 11.6 Å². The predicted molar refractivity (Wildman–Crippen MR) is 99.6 cm³/mol. The van der Waals surface area contributed by atoms with Gasteiger partial charge in [0, 0.05) is 18.1 Å². The smallest absolute Gasteiger partial charge is 0.309 e. The van der Waals surface area contributed by atoms with Crippen molar-refractivity contribution in [1.82, 2.24) is 4.90 Å². The standard InChI is InChI=1S/C17H23ClN2O5S/c1-3-25-17(22)13-7-9-19(10-8-13)16(21)12-20(26(2,23)24)15-6-4-5-14(18)11-15/h4-6,11,13H,3,7-10,12H2,1-2H3. The molecule has 0 aliphatic carbocycles. The highest BCUT2D eigenvalue weighted by Gasteiger charge is 2.30. The van der Waals surface area contributed by atoms with Crippen LogP contribution in [-0.4, -0.2) is 57.7 Å². The van der Waals surface area contributed by atoms with Crippen molar-refractivity contribution in [3.63, 3.8) is 0 Å². The first-order valence-electron chi connectivity index (χ1n) is 8.40. The lowest BCUT2D eigenvalue weighted by Crippen LogP contribution is -2.46. The van der Waals surface area contributed by atoms with Crippen molar-refractivity contribution in [2.75, 3.05) is 36.8 Å². The Balaban J connectivity index is 2.04. The SMILES string of the molecule is CCOC(=O)C1CCN(C(=O)CN(c2cccc(Cl)c2)S(C)(=O)=O)CC1. The van der Waals surface area contributed by atoms with E-state index in [9.17, 15) is 18.0 Å². The van der Waals surface area contributed by atoms with Crippen LogP contribution in [0.25, 0.3) is 0 Å². The molecular formula is C17H23ClN2O5S. The van der Waals surface area contributed by atoms with Gasteiger partial charge in [-0.05, 0) is 38.0 Å². The van der Waals surface area contributed by atoms with Crippen molar-refractivity contribution in [3.8, 4) is 0 Å². The van der Waals surface area contributed by atoms with Gasteiger partial charge in [-0.1, -0.05) is 17.7 Å². The lowest BCUT2D eigenvalue weighted by molar-refractivity contribution is -0.151. The molecule has 0 atom stereocenters. The minimum Gasteiger partial charge on any atom is -0.466 e. The molecule has 1 saturated heterocycles. The van der Waals surface area contributed by atoms with Gasteiger partial charge in [-0.15, -0.1) is 0 Å². The average Bonchev–Trinajstić information content (AvgIpc) is 2.58. The third-order valence-corrected chi connectivity index (χ3v) is 5.62. The summed E-state index contributed by atoms with van der Waals surface area (Å²) in [4.78, 5) is 25.9. The van der Waals surface area contributed by atoms with Gasteiger partial charge < -0.3 is 9.64 Å². The Morgan fingerprint density at radius 3 is 2.50 bits per heavy atom. The number of piperidine rings is 1. The number of carbonyl (C=O) groups is 2. The maximum atomic E-state index is 12.6. The molecule has 0 aromatic heterocycles. The van der Waals surface area contributed by atoms with Gasteiger partial charge in [0.05, 0.1) is 24.5 Å². The molecule has 0 unspecified atom stereocenters. The van der Waals surface area contributed by atoms with Crippen LogP contribution in [0, 0.1) is 5.92 Å². The summed E-state index contributed by atoms with van der Waals surface area (Å²) in [5, 5.41) is 0.388. The zero-order valence-corrected chi connectivity index (χ0v) is 16.4. The molecule has 9 heteroatoms. The largest absolute Gasteiger partial charge is 0.466 e. The summed E-state index contributed by atoms with van der Waals surface area (Å²) in [6.07, 6.45) is 2.08. The Kier molecular flexibility index (Phi) is 6.88. The summed E-state index contributed by atoms with van der Waals surface area (Å²) >= 11 is 5.93. The molecule has 0 bridgehead atoms. The number of rotatable bonds is 6. The number of hydrogen-bond acceptors (Lipinski definition) is 5. The van der Waals surface area contributed by atoms with Gasteiger partial charge in [0.2, 0.25) is 15.9 Å². The molecule has 0 radical (unpaired) electrons. The van der Waals surface area contributed by atoms with Crippen LogP contribution in [0.2, 0.25) is 5.02 Å². The Labute approximate surface area is 158 Å². The summed E-state index contributed by atoms with van der Waals surface area (Å²) in [7, 11) is -3.65. The topological polar surface area (TPSA) is 84.0 Å². The highest BCUT2D eigenvalue weighted by Crippen LogP contribution is 2.23. The number of likely N-dealkylation sites (tertiary alicyclic amines) is 1. The lowest BCUT2D eigenvalue weighted by Gasteiger charge is -2.32. The fraction of sp³-hybridized carbons (Fsp3) is 0.529. The van der Waals surface area contributed by atoms with Crippen LogP contribution in [0.15, 0.2) is 24.3 Å². The monoisotopic (exact) mass is 402 g/mol. The molecular weight excluding hydrogens is 380 g/mol. The van der Waals surface area contributed by atoms with E-state index in [0.29, 0.717) is 43.2 Å². The summed E-state index contributed by atoms with van der Waals surface area (Å²) in [5.41, 5.74) is 0.342. The lowest BCUT2D eigenvalue weighted by atomic mass is 9.97. The van der Waals surface area contributed by atoms with Crippen LogP contribution in [0.5, 0.6) is 0 Å². The zero-order valence-electron chi connectivity index (χ0n) is 14.9. The molecule has 144 valence electrons. The van der Waals surface area contributed by atoms with Gasteiger partial charge in [-0.3, -0.25) is 13.9 Å². The predicted octanol–water partition coefficient (Wildman–Crippen LogP) is 1.91. The average molecular weight is 403 g/mol. The van der Waals surface area contributed by atoms with Crippen molar-refractivity contribution in [1.29, 1.82) is 0 Å². The van der Waals surface area contributed by atoms with E-state index in [-0.39, 0.29) is 24.3 Å². The summed E-state index contributed by atoms with van der Waals surface area (Å²) in [6, 6.07) is 6.36. The van der Waals surface area contributed by atoms with E-state index in [2.05, 4.69) is 0 Å². The molecule has 1 amide bonds. The van der Waals surface area contributed by atoms with Crippen molar-refractivity contribution in [3.05, 3.63) is 29.3 Å². The van der Waals surface area contributed by atoms with E-state index in [1.165, 1.54) is 6.07 Å². The number of sulfonamides is 1. The first kappa shape index (κ1) is 20.5. The molecule has 1 aromatic carbocycles. The molecule has 0 saturated carbocycles. The van der Waals surface area contributed by atoms with E-state index in [0.717, 1.165) is 10.6 Å². The number of benzene rings is 1. The normalized spacial score (nSPS) is 15.6. The number of carbonyl (C=O) groups excluding carboxylic acids is 2. The summed E-state index contributed by atoms with van der Waals surface area (Å²) in [5.74, 6) is -0.757. The Morgan fingerprint density at radius 2 is 1.96 bits per heavy atom. The second kappa shape index (κ2) is 8.73. The molecule has 26 heavy (non-hydrogen) atoms. The highest BCUT2D eigenvalue weighted by molar-refractivity contribution is 7.92. The van der Waals surface area contributed by atoms with Gasteiger partial charge in [0.1, 0.15) is 6.54 Å². The van der Waals surface area contributed by atoms with E-state index < -0.39 is 10.0 Å². The van der Waals surface area contributed by atoms with E-state index in [1.54, 1.807) is 30.0 Å². The highest BCUT2D eigenvalue weighted by atomic mass is 35.5. The quantitative estimate of drug-likeness (QED) is 0.678. The van der Waals surface area contributed by atoms with Crippen LogP contribution in [-0.2, 0) is 24.3 Å². The van der Waals surface area contributed by atoms with Crippen LogP contribution in [0.3, 0.4) is 0 Å². The van der Waals surface area contributed by atoms with Gasteiger partial charge in [-0.2, -0.15) is 0 Å². The van der Waals surface area contributed by atoms with E-state index in [1.807, 2.05) is 0 Å². The van der Waals surface area contributed by atoms with Gasteiger partial charge in [-0.25, -0.2) is 8.42 Å². The minimum absolute atomic E-state index is 0.210. The van der Waals surface area contributed by atoms with Crippen molar-refractivity contribution < 1.29 is 22.7 Å². The molecule has 0 N–H and O–H groups in total. The molecule has 1 aliphatic heterocycles. The summed E-state index contributed by atoms with van der Waals surface area (Å²) in [6.45, 7) is 2.58. The number of anilines is 1. The van der Waals surface area contributed by atoms with Crippen LogP contribution < -0.4 is 4.31 Å². The molecule has 1 aromatic rings. The van der Waals surface area contributed by atoms with Gasteiger partial charge in [0.25, 0.3) is 0 Å². The number of halogens is 1. The Hall–Kier alpha value is -1.80. The van der Waals surface area contributed by atoms with Crippen molar-refractivity contribution in [2.45, 2.75) is 19.8 Å². The maximum Gasteiger partial charge on any atom is 0.309 e. The summed E-state index contributed by atoms with van der Waals surface area (Å²) < 4.78 is 30.3. The van der Waals surface area contributed by atoms with Crippen LogP contribution in [0.4, 0.5) is 5.69 Å². The Morgan fingerprint density at radius 1 is 1.31 bits per heavy atom. The molecule has 1 heterocycles. The Bertz CT molecular complexity index is 760. The molecule has 0 spiro atoms. The first-order chi connectivity index (χ1) is 12.2. The van der Waals surface area contributed by atoms with Gasteiger partial charge in [0.15, 0.2) is 0 Å². The fourth-order valence-corrected chi connectivity index (χ4v) is 3.90. The number of hydrogen-bond donors (Lipinski definition) is 0. The van der Waals surface area contributed by atoms with E-state index >= 15 is 0 Å². The minimum atomic E-state index is -3.65. The molecule has 7 nitrogen and oxygen atoms in total. The third-order valence-electron chi connectivity index (χ3n) is 4.24.